The summed E-state index contributed by atoms with van der Waals surface area (Å²) in [6, 6.07) is 13.8. The lowest BCUT2D eigenvalue weighted by molar-refractivity contribution is -0.590. The summed E-state index contributed by atoms with van der Waals surface area (Å²) in [7, 11) is 1.67. The highest BCUT2D eigenvalue weighted by molar-refractivity contribution is 7.99. The molecule has 0 bridgehead atoms. The van der Waals surface area contributed by atoms with Gasteiger partial charge >= 0.3 is 5.97 Å². The van der Waals surface area contributed by atoms with Crippen molar-refractivity contribution in [2.45, 2.75) is 25.3 Å². The molecule has 0 heterocycles. The normalized spacial score (nSPS) is 10.4. The molecule has 0 saturated carbocycles. The Hall–Kier alpha value is -1.98. The number of thioether (sulfide) groups is 1. The van der Waals surface area contributed by atoms with E-state index >= 15 is 0 Å². The van der Waals surface area contributed by atoms with Crippen LogP contribution in [0.1, 0.15) is 19.4 Å². The molecule has 2 aromatic rings. The molecule has 0 atom stereocenters. The second-order valence-electron chi connectivity index (χ2n) is 4.99. The molecule has 0 aliphatic carbocycles. The molecule has 2 N–H and O–H groups in total. The van der Waals surface area contributed by atoms with Gasteiger partial charge in [-0.05, 0) is 30.0 Å². The van der Waals surface area contributed by atoms with Crippen molar-refractivity contribution >= 4 is 23.4 Å². The fourth-order valence-corrected chi connectivity index (χ4v) is 3.01. The zero-order chi connectivity index (χ0) is 16.7. The van der Waals surface area contributed by atoms with Gasteiger partial charge in [0.2, 0.25) is 0 Å². The molecule has 0 aromatic heterocycles. The van der Waals surface area contributed by atoms with E-state index in [1.807, 2.05) is 36.4 Å². The van der Waals surface area contributed by atoms with Crippen LogP contribution in [-0.2, 0) is 11.3 Å². The Kier molecular flexibility index (Phi) is 6.50. The molecule has 23 heavy (non-hydrogen) atoms. The predicted octanol–water partition coefficient (Wildman–Crippen LogP) is 3.13. The SMILES string of the molecule is CCSc1ccc(OC(C)=O)cc1[NH2+]Cc1cccc(OC)c1. The number of esters is 1. The summed E-state index contributed by atoms with van der Waals surface area (Å²) in [6.07, 6.45) is 0. The molecule has 4 nitrogen and oxygen atoms in total. The molecule has 0 aliphatic rings. The third-order valence-corrected chi connectivity index (χ3v) is 4.21. The van der Waals surface area contributed by atoms with Crippen LogP contribution in [0.25, 0.3) is 0 Å². The summed E-state index contributed by atoms with van der Waals surface area (Å²) < 4.78 is 10.4. The second kappa shape index (κ2) is 8.60. The molecular weight excluding hydrogens is 310 g/mol. The van der Waals surface area contributed by atoms with Gasteiger partial charge in [-0.1, -0.05) is 19.1 Å². The number of rotatable bonds is 7. The Morgan fingerprint density at radius 3 is 2.70 bits per heavy atom. The Bertz CT molecular complexity index is 673. The predicted molar refractivity (Wildman–Crippen MR) is 92.4 cm³/mol. The van der Waals surface area contributed by atoms with Crippen LogP contribution in [0.15, 0.2) is 47.4 Å². The van der Waals surface area contributed by atoms with E-state index in [4.69, 9.17) is 9.47 Å². The fourth-order valence-electron chi connectivity index (χ4n) is 2.23. The monoisotopic (exact) mass is 332 g/mol. The Balaban J connectivity index is 2.16. The lowest BCUT2D eigenvalue weighted by Gasteiger charge is -2.09. The first-order valence-corrected chi connectivity index (χ1v) is 8.52. The van der Waals surface area contributed by atoms with E-state index in [0.717, 1.165) is 23.7 Å². The van der Waals surface area contributed by atoms with Crippen molar-refractivity contribution in [1.29, 1.82) is 0 Å². The van der Waals surface area contributed by atoms with E-state index in [0.29, 0.717) is 5.75 Å². The summed E-state index contributed by atoms with van der Waals surface area (Å²) in [6.45, 7) is 4.32. The van der Waals surface area contributed by atoms with Crippen LogP contribution >= 0.6 is 11.8 Å². The lowest BCUT2D eigenvalue weighted by atomic mass is 10.2. The highest BCUT2D eigenvalue weighted by Crippen LogP contribution is 2.28. The molecule has 0 saturated heterocycles. The number of carbonyl (C=O) groups excluding carboxylic acids is 1. The van der Waals surface area contributed by atoms with Gasteiger partial charge in [-0.15, -0.1) is 11.8 Å². The van der Waals surface area contributed by atoms with E-state index < -0.39 is 0 Å². The maximum Gasteiger partial charge on any atom is 0.308 e. The minimum absolute atomic E-state index is 0.306. The zero-order valence-electron chi connectivity index (χ0n) is 13.7. The van der Waals surface area contributed by atoms with Crippen LogP contribution in [-0.4, -0.2) is 18.8 Å². The Morgan fingerprint density at radius 2 is 2.00 bits per heavy atom. The highest BCUT2D eigenvalue weighted by Gasteiger charge is 2.10. The third-order valence-electron chi connectivity index (χ3n) is 3.23. The number of ether oxygens (including phenoxy) is 2. The van der Waals surface area contributed by atoms with Crippen LogP contribution in [0.5, 0.6) is 11.5 Å². The average Bonchev–Trinajstić information content (AvgIpc) is 2.54. The topological polar surface area (TPSA) is 52.1 Å². The van der Waals surface area contributed by atoms with Gasteiger partial charge in [0.15, 0.2) is 0 Å². The first kappa shape index (κ1) is 17.4. The smallest absolute Gasteiger partial charge is 0.308 e. The number of methoxy groups -OCH3 is 1. The van der Waals surface area contributed by atoms with E-state index in [9.17, 15) is 4.79 Å². The van der Waals surface area contributed by atoms with Crippen LogP contribution in [0.3, 0.4) is 0 Å². The molecule has 5 heteroatoms. The van der Waals surface area contributed by atoms with Gasteiger partial charge in [-0.25, -0.2) is 0 Å². The molecule has 0 radical (unpaired) electrons. The molecule has 0 aliphatic heterocycles. The summed E-state index contributed by atoms with van der Waals surface area (Å²) in [5.41, 5.74) is 2.26. The molecule has 0 amide bonds. The molecule has 0 spiro atoms. The summed E-state index contributed by atoms with van der Waals surface area (Å²) in [5, 5.41) is 2.15. The Morgan fingerprint density at radius 1 is 1.17 bits per heavy atom. The molecular formula is C18H22NO3S+. The number of hydrogen-bond acceptors (Lipinski definition) is 4. The van der Waals surface area contributed by atoms with E-state index in [2.05, 4.69) is 18.3 Å². The van der Waals surface area contributed by atoms with Gasteiger partial charge in [0.1, 0.15) is 23.7 Å². The summed E-state index contributed by atoms with van der Waals surface area (Å²) in [4.78, 5) is 12.3. The maximum atomic E-state index is 11.1. The molecule has 2 aromatic carbocycles. The summed E-state index contributed by atoms with van der Waals surface area (Å²) >= 11 is 1.78. The van der Waals surface area contributed by atoms with Crippen molar-refractivity contribution in [1.82, 2.24) is 0 Å². The van der Waals surface area contributed by atoms with Gasteiger partial charge in [-0.3, -0.25) is 4.79 Å². The standard InChI is InChI=1S/C18H21NO3S/c1-4-23-18-9-8-16(22-13(2)20)11-17(18)19-12-14-6-5-7-15(10-14)21-3/h5-11,19H,4,12H2,1-3H3/p+1. The lowest BCUT2D eigenvalue weighted by Crippen LogP contribution is -2.76. The zero-order valence-corrected chi connectivity index (χ0v) is 14.5. The van der Waals surface area contributed by atoms with Crippen molar-refractivity contribution < 1.29 is 19.6 Å². The van der Waals surface area contributed by atoms with Crippen molar-refractivity contribution in [3.05, 3.63) is 48.0 Å². The van der Waals surface area contributed by atoms with E-state index in [1.54, 1.807) is 18.9 Å². The molecule has 0 unspecified atom stereocenters. The minimum Gasteiger partial charge on any atom is -0.497 e. The first-order valence-electron chi connectivity index (χ1n) is 7.53. The Labute approximate surface area is 141 Å². The van der Waals surface area contributed by atoms with Gasteiger partial charge in [0.25, 0.3) is 0 Å². The molecule has 122 valence electrons. The van der Waals surface area contributed by atoms with Crippen molar-refractivity contribution in [3.8, 4) is 11.5 Å². The van der Waals surface area contributed by atoms with Crippen LogP contribution in [0, 0.1) is 0 Å². The number of quaternary nitrogens is 1. The van der Waals surface area contributed by atoms with Gasteiger partial charge in [0.05, 0.1) is 12.0 Å². The second-order valence-corrected chi connectivity index (χ2v) is 6.29. The quantitative estimate of drug-likeness (QED) is 0.366. The van der Waals surface area contributed by atoms with Gasteiger partial charge in [-0.2, -0.15) is 0 Å². The molecule has 2 rings (SSSR count). The van der Waals surface area contributed by atoms with E-state index in [1.165, 1.54) is 17.4 Å². The van der Waals surface area contributed by atoms with Crippen LogP contribution < -0.4 is 14.8 Å². The highest BCUT2D eigenvalue weighted by atomic mass is 32.2. The van der Waals surface area contributed by atoms with Crippen molar-refractivity contribution in [2.75, 3.05) is 12.9 Å². The number of nitrogens with two attached hydrogens (primary N) is 1. The van der Waals surface area contributed by atoms with Crippen molar-refractivity contribution in [3.63, 3.8) is 0 Å². The number of benzene rings is 2. The van der Waals surface area contributed by atoms with Gasteiger partial charge < -0.3 is 14.8 Å². The number of carbonyl (C=O) groups is 1. The average molecular weight is 332 g/mol. The molecule has 0 fully saturated rings. The van der Waals surface area contributed by atoms with E-state index in [-0.39, 0.29) is 5.97 Å². The van der Waals surface area contributed by atoms with Gasteiger partial charge in [0, 0.05) is 18.6 Å². The maximum absolute atomic E-state index is 11.1. The van der Waals surface area contributed by atoms with Crippen molar-refractivity contribution in [2.24, 2.45) is 0 Å². The minimum atomic E-state index is -0.306. The number of hydrogen-bond donors (Lipinski definition) is 1. The van der Waals surface area contributed by atoms with Crippen LogP contribution in [0.2, 0.25) is 0 Å². The third kappa shape index (κ3) is 5.30. The first-order chi connectivity index (χ1) is 11.1. The van der Waals surface area contributed by atoms with Crippen LogP contribution in [0.4, 0.5) is 5.69 Å². The summed E-state index contributed by atoms with van der Waals surface area (Å²) in [5.74, 6) is 2.12. The fraction of sp³-hybridized carbons (Fsp3) is 0.278. The largest absolute Gasteiger partial charge is 0.497 e.